The normalized spacial score (nSPS) is 14.9. The van der Waals surface area contributed by atoms with E-state index in [-0.39, 0.29) is 28.7 Å². The van der Waals surface area contributed by atoms with Gasteiger partial charge in [0.1, 0.15) is 11.6 Å². The molecule has 2 aromatic carbocycles. The lowest BCUT2D eigenvalue weighted by Gasteiger charge is -2.22. The molecule has 1 aliphatic heterocycles. The molecule has 0 bridgehead atoms. The van der Waals surface area contributed by atoms with Gasteiger partial charge in [0.2, 0.25) is 0 Å². The van der Waals surface area contributed by atoms with E-state index in [1.165, 1.54) is 18.2 Å². The van der Waals surface area contributed by atoms with Crippen molar-refractivity contribution < 1.29 is 19.1 Å². The SMILES string of the molecule is O=C(c1ccccc1O)N1CCCN(C(=O)c2ccccc2F)CC1. The molecule has 2 aromatic rings. The highest BCUT2D eigenvalue weighted by Gasteiger charge is 2.25. The van der Waals surface area contributed by atoms with Gasteiger partial charge in [-0.3, -0.25) is 9.59 Å². The van der Waals surface area contributed by atoms with Crippen LogP contribution in [0.25, 0.3) is 0 Å². The summed E-state index contributed by atoms with van der Waals surface area (Å²) in [6, 6.07) is 12.3. The summed E-state index contributed by atoms with van der Waals surface area (Å²) in [5, 5.41) is 9.85. The summed E-state index contributed by atoms with van der Waals surface area (Å²) in [6.07, 6.45) is 0.597. The van der Waals surface area contributed by atoms with E-state index in [0.29, 0.717) is 32.6 Å². The van der Waals surface area contributed by atoms with Gasteiger partial charge in [-0.2, -0.15) is 0 Å². The topological polar surface area (TPSA) is 60.9 Å². The fourth-order valence-corrected chi connectivity index (χ4v) is 2.95. The van der Waals surface area contributed by atoms with Gasteiger partial charge in [0.15, 0.2) is 0 Å². The van der Waals surface area contributed by atoms with E-state index >= 15 is 0 Å². The first kappa shape index (κ1) is 17.0. The molecule has 0 aromatic heterocycles. The first-order valence-corrected chi connectivity index (χ1v) is 8.19. The van der Waals surface area contributed by atoms with Crippen LogP contribution in [0.4, 0.5) is 4.39 Å². The van der Waals surface area contributed by atoms with Crippen molar-refractivity contribution in [2.75, 3.05) is 26.2 Å². The number of amides is 2. The number of hydrogen-bond acceptors (Lipinski definition) is 3. The number of phenols is 1. The maximum absolute atomic E-state index is 13.8. The molecule has 1 N–H and O–H groups in total. The maximum Gasteiger partial charge on any atom is 0.257 e. The molecule has 3 rings (SSSR count). The van der Waals surface area contributed by atoms with Crippen molar-refractivity contribution in [1.29, 1.82) is 0 Å². The van der Waals surface area contributed by atoms with Crippen LogP contribution in [0.15, 0.2) is 48.5 Å². The Kier molecular flexibility index (Phi) is 4.97. The second-order valence-corrected chi connectivity index (χ2v) is 5.93. The van der Waals surface area contributed by atoms with Gasteiger partial charge >= 0.3 is 0 Å². The summed E-state index contributed by atoms with van der Waals surface area (Å²) in [6.45, 7) is 1.60. The Hall–Kier alpha value is -2.89. The average molecular weight is 342 g/mol. The molecule has 25 heavy (non-hydrogen) atoms. The molecule has 0 unspecified atom stereocenters. The van der Waals surface area contributed by atoms with Crippen molar-refractivity contribution in [2.45, 2.75) is 6.42 Å². The number of hydrogen-bond donors (Lipinski definition) is 1. The summed E-state index contributed by atoms with van der Waals surface area (Å²) in [7, 11) is 0. The maximum atomic E-state index is 13.8. The second-order valence-electron chi connectivity index (χ2n) is 5.93. The van der Waals surface area contributed by atoms with Crippen LogP contribution in [-0.4, -0.2) is 52.9 Å². The van der Waals surface area contributed by atoms with Crippen molar-refractivity contribution in [3.05, 3.63) is 65.5 Å². The lowest BCUT2D eigenvalue weighted by molar-refractivity contribution is 0.0714. The van der Waals surface area contributed by atoms with E-state index in [2.05, 4.69) is 0 Å². The minimum Gasteiger partial charge on any atom is -0.507 e. The number of rotatable bonds is 2. The molecule has 130 valence electrons. The van der Waals surface area contributed by atoms with Gasteiger partial charge in [0, 0.05) is 26.2 Å². The van der Waals surface area contributed by atoms with Crippen LogP contribution in [0.3, 0.4) is 0 Å². The van der Waals surface area contributed by atoms with E-state index in [0.717, 1.165) is 0 Å². The van der Waals surface area contributed by atoms with E-state index < -0.39 is 5.82 Å². The van der Waals surface area contributed by atoms with Crippen molar-refractivity contribution in [1.82, 2.24) is 9.80 Å². The first-order valence-electron chi connectivity index (χ1n) is 8.19. The fourth-order valence-electron chi connectivity index (χ4n) is 2.95. The Labute approximate surface area is 145 Å². The van der Waals surface area contributed by atoms with Gasteiger partial charge in [-0.1, -0.05) is 24.3 Å². The standard InChI is InChI=1S/C19H19FN2O3/c20-16-8-3-1-6-14(16)18(24)21-10-5-11-22(13-12-21)19(25)15-7-2-4-9-17(15)23/h1-4,6-9,23H,5,10-13H2. The Balaban J connectivity index is 1.70. The molecule has 2 amide bonds. The number of aromatic hydroxyl groups is 1. The van der Waals surface area contributed by atoms with Crippen LogP contribution in [-0.2, 0) is 0 Å². The number of halogens is 1. The third kappa shape index (κ3) is 3.63. The highest BCUT2D eigenvalue weighted by molar-refractivity contribution is 5.97. The summed E-state index contributed by atoms with van der Waals surface area (Å²) >= 11 is 0. The van der Waals surface area contributed by atoms with E-state index in [4.69, 9.17) is 0 Å². The second kappa shape index (κ2) is 7.34. The highest BCUT2D eigenvalue weighted by Crippen LogP contribution is 2.19. The molecular formula is C19H19FN2O3. The third-order valence-electron chi connectivity index (χ3n) is 4.31. The van der Waals surface area contributed by atoms with Gasteiger partial charge in [-0.25, -0.2) is 4.39 Å². The van der Waals surface area contributed by atoms with Crippen LogP contribution in [0, 0.1) is 5.82 Å². The van der Waals surface area contributed by atoms with Crippen LogP contribution in [0.5, 0.6) is 5.75 Å². The zero-order valence-electron chi connectivity index (χ0n) is 13.7. The molecule has 1 saturated heterocycles. The Morgan fingerprint density at radius 1 is 0.800 bits per heavy atom. The lowest BCUT2D eigenvalue weighted by atomic mass is 10.1. The fraction of sp³-hybridized carbons (Fsp3) is 0.263. The predicted octanol–water partition coefficient (Wildman–Crippen LogP) is 2.52. The number of nitrogens with zero attached hydrogens (tertiary/aromatic N) is 2. The average Bonchev–Trinajstić information content (AvgIpc) is 2.87. The molecule has 0 atom stereocenters. The van der Waals surface area contributed by atoms with Crippen LogP contribution < -0.4 is 0 Å². The number of para-hydroxylation sites is 1. The Morgan fingerprint density at radius 3 is 1.92 bits per heavy atom. The van der Waals surface area contributed by atoms with Crippen molar-refractivity contribution >= 4 is 11.8 Å². The van der Waals surface area contributed by atoms with Crippen molar-refractivity contribution in [2.24, 2.45) is 0 Å². The predicted molar refractivity (Wildman–Crippen MR) is 90.9 cm³/mol. The summed E-state index contributed by atoms with van der Waals surface area (Å²) < 4.78 is 13.8. The van der Waals surface area contributed by atoms with Gasteiger partial charge < -0.3 is 14.9 Å². The lowest BCUT2D eigenvalue weighted by Crippen LogP contribution is -2.37. The van der Waals surface area contributed by atoms with Crippen molar-refractivity contribution in [3.8, 4) is 5.75 Å². The molecule has 6 heteroatoms. The molecule has 1 aliphatic rings. The smallest absolute Gasteiger partial charge is 0.257 e. The largest absolute Gasteiger partial charge is 0.507 e. The van der Waals surface area contributed by atoms with Crippen LogP contribution >= 0.6 is 0 Å². The molecule has 1 heterocycles. The number of phenolic OH excluding ortho intramolecular Hbond substituents is 1. The molecule has 0 radical (unpaired) electrons. The molecule has 1 fully saturated rings. The zero-order valence-corrected chi connectivity index (χ0v) is 13.7. The molecule has 0 saturated carbocycles. The Morgan fingerprint density at radius 2 is 1.32 bits per heavy atom. The molecular weight excluding hydrogens is 323 g/mol. The first-order chi connectivity index (χ1) is 12.1. The molecule has 0 spiro atoms. The number of benzene rings is 2. The molecule has 5 nitrogen and oxygen atoms in total. The summed E-state index contributed by atoms with van der Waals surface area (Å²) in [4.78, 5) is 28.3. The summed E-state index contributed by atoms with van der Waals surface area (Å²) in [5.74, 6) is -1.23. The third-order valence-corrected chi connectivity index (χ3v) is 4.31. The van der Waals surface area contributed by atoms with Crippen molar-refractivity contribution in [3.63, 3.8) is 0 Å². The highest BCUT2D eigenvalue weighted by atomic mass is 19.1. The minimum atomic E-state index is -0.543. The quantitative estimate of drug-likeness (QED) is 0.912. The Bertz CT molecular complexity index is 728. The van der Waals surface area contributed by atoms with Crippen LogP contribution in [0.1, 0.15) is 27.1 Å². The monoisotopic (exact) mass is 342 g/mol. The minimum absolute atomic E-state index is 0.0444. The van der Waals surface area contributed by atoms with Gasteiger partial charge in [0.05, 0.1) is 11.1 Å². The van der Waals surface area contributed by atoms with Gasteiger partial charge in [-0.15, -0.1) is 0 Å². The summed E-state index contributed by atoms with van der Waals surface area (Å²) in [5.41, 5.74) is 0.291. The molecule has 0 aliphatic carbocycles. The van der Waals surface area contributed by atoms with Gasteiger partial charge in [-0.05, 0) is 30.7 Å². The number of carbonyl (C=O) groups is 2. The number of carbonyl (C=O) groups excluding carboxylic acids is 2. The van der Waals surface area contributed by atoms with E-state index in [1.807, 2.05) is 0 Å². The zero-order chi connectivity index (χ0) is 17.8. The van der Waals surface area contributed by atoms with E-state index in [9.17, 15) is 19.1 Å². The van der Waals surface area contributed by atoms with Gasteiger partial charge in [0.25, 0.3) is 11.8 Å². The van der Waals surface area contributed by atoms with Crippen LogP contribution in [0.2, 0.25) is 0 Å². The van der Waals surface area contributed by atoms with E-state index in [1.54, 1.807) is 40.1 Å².